The van der Waals surface area contributed by atoms with Crippen LogP contribution in [0.25, 0.3) is 0 Å². The zero-order chi connectivity index (χ0) is 15.2. The summed E-state index contributed by atoms with van der Waals surface area (Å²) in [4.78, 5) is 11.2. The molecular formula is C14H18F3NO2. The molecule has 1 aromatic carbocycles. The van der Waals surface area contributed by atoms with Gasteiger partial charge in [-0.1, -0.05) is 18.2 Å². The zero-order valence-corrected chi connectivity index (χ0v) is 11.2. The van der Waals surface area contributed by atoms with E-state index in [2.05, 4.69) is 0 Å². The molecule has 0 heterocycles. The molecule has 0 amide bonds. The predicted molar refractivity (Wildman–Crippen MR) is 69.0 cm³/mol. The Balaban J connectivity index is 2.54. The second kappa shape index (κ2) is 7.28. The van der Waals surface area contributed by atoms with Gasteiger partial charge in [0.05, 0.1) is 12.2 Å². The van der Waals surface area contributed by atoms with Crippen molar-refractivity contribution in [2.24, 2.45) is 5.73 Å². The maximum Gasteiger partial charge on any atom is 0.416 e. The second-order valence-electron chi connectivity index (χ2n) is 4.51. The minimum absolute atomic E-state index is 0.175. The van der Waals surface area contributed by atoms with Crippen LogP contribution in [-0.2, 0) is 22.1 Å². The van der Waals surface area contributed by atoms with Crippen molar-refractivity contribution in [1.82, 2.24) is 0 Å². The van der Waals surface area contributed by atoms with E-state index in [-0.39, 0.29) is 18.4 Å². The highest BCUT2D eigenvalue weighted by molar-refractivity contribution is 5.69. The number of hydrogen-bond donors (Lipinski definition) is 1. The molecule has 0 spiro atoms. The van der Waals surface area contributed by atoms with Crippen LogP contribution in [0.5, 0.6) is 0 Å². The summed E-state index contributed by atoms with van der Waals surface area (Å²) < 4.78 is 42.4. The Morgan fingerprint density at radius 3 is 2.70 bits per heavy atom. The fourth-order valence-corrected chi connectivity index (χ4v) is 1.82. The molecule has 6 heteroatoms. The molecule has 0 saturated heterocycles. The van der Waals surface area contributed by atoms with Crippen molar-refractivity contribution in [2.75, 3.05) is 6.61 Å². The predicted octanol–water partition coefficient (Wildman–Crippen LogP) is 2.92. The smallest absolute Gasteiger partial charge is 0.416 e. The molecule has 0 bridgehead atoms. The van der Waals surface area contributed by atoms with Gasteiger partial charge < -0.3 is 10.5 Å². The Morgan fingerprint density at radius 1 is 1.40 bits per heavy atom. The van der Waals surface area contributed by atoms with Gasteiger partial charge in [0.15, 0.2) is 0 Å². The number of nitrogens with two attached hydrogens (primary N) is 1. The first-order valence-electron chi connectivity index (χ1n) is 6.40. The summed E-state index contributed by atoms with van der Waals surface area (Å²) in [5, 5.41) is 0. The molecule has 0 aliphatic rings. The van der Waals surface area contributed by atoms with E-state index >= 15 is 0 Å². The van der Waals surface area contributed by atoms with Crippen molar-refractivity contribution in [1.29, 1.82) is 0 Å². The molecule has 20 heavy (non-hydrogen) atoms. The Morgan fingerprint density at radius 2 is 2.10 bits per heavy atom. The van der Waals surface area contributed by atoms with Crippen LogP contribution in [0, 0.1) is 0 Å². The van der Waals surface area contributed by atoms with Crippen molar-refractivity contribution in [2.45, 2.75) is 38.4 Å². The van der Waals surface area contributed by atoms with E-state index in [0.29, 0.717) is 25.0 Å². The second-order valence-corrected chi connectivity index (χ2v) is 4.51. The molecule has 0 saturated carbocycles. The van der Waals surface area contributed by atoms with Crippen molar-refractivity contribution in [3.8, 4) is 0 Å². The molecule has 1 atom stereocenters. The summed E-state index contributed by atoms with van der Waals surface area (Å²) in [6.07, 6.45) is -3.50. The van der Waals surface area contributed by atoms with Crippen LogP contribution in [0.15, 0.2) is 24.3 Å². The Bertz CT molecular complexity index is 446. The number of hydrogen-bond acceptors (Lipinski definition) is 3. The molecule has 0 fully saturated rings. The highest BCUT2D eigenvalue weighted by Gasteiger charge is 2.30. The molecule has 2 N–H and O–H groups in total. The van der Waals surface area contributed by atoms with Gasteiger partial charge in [-0.3, -0.25) is 4.79 Å². The fraction of sp³-hybridized carbons (Fsp3) is 0.500. The zero-order valence-electron chi connectivity index (χ0n) is 11.2. The van der Waals surface area contributed by atoms with E-state index < -0.39 is 11.7 Å². The lowest BCUT2D eigenvalue weighted by molar-refractivity contribution is -0.143. The Labute approximate surface area is 115 Å². The lowest BCUT2D eigenvalue weighted by atomic mass is 10.0. The topological polar surface area (TPSA) is 52.3 Å². The van der Waals surface area contributed by atoms with Gasteiger partial charge in [-0.25, -0.2) is 0 Å². The quantitative estimate of drug-likeness (QED) is 0.819. The van der Waals surface area contributed by atoms with Gasteiger partial charge in [-0.2, -0.15) is 13.2 Å². The van der Waals surface area contributed by atoms with Gasteiger partial charge in [0, 0.05) is 12.5 Å². The number of halogens is 3. The van der Waals surface area contributed by atoms with Gasteiger partial charge in [0.25, 0.3) is 0 Å². The van der Waals surface area contributed by atoms with E-state index in [9.17, 15) is 18.0 Å². The van der Waals surface area contributed by atoms with Gasteiger partial charge in [-0.15, -0.1) is 0 Å². The first kappa shape index (κ1) is 16.5. The standard InChI is InChI=1S/C14H18F3NO2/c1-2-20-13(19)7-6-12(18)9-10-4-3-5-11(8-10)14(15,16)17/h3-5,8,12H,2,6-7,9,18H2,1H3. The van der Waals surface area contributed by atoms with Crippen LogP contribution < -0.4 is 5.73 Å². The molecule has 0 aliphatic carbocycles. The first-order chi connectivity index (χ1) is 9.32. The molecule has 1 unspecified atom stereocenters. The summed E-state index contributed by atoms with van der Waals surface area (Å²) in [7, 11) is 0. The lowest BCUT2D eigenvalue weighted by Gasteiger charge is -2.13. The van der Waals surface area contributed by atoms with Crippen molar-refractivity contribution < 1.29 is 22.7 Å². The largest absolute Gasteiger partial charge is 0.466 e. The van der Waals surface area contributed by atoms with E-state index in [1.54, 1.807) is 13.0 Å². The third kappa shape index (κ3) is 5.61. The van der Waals surface area contributed by atoms with Crippen LogP contribution in [0.4, 0.5) is 13.2 Å². The number of ether oxygens (including phenoxy) is 1. The Kier molecular flexibility index (Phi) is 6.01. The van der Waals surface area contributed by atoms with E-state index in [4.69, 9.17) is 10.5 Å². The fourth-order valence-electron chi connectivity index (χ4n) is 1.82. The molecule has 3 nitrogen and oxygen atoms in total. The molecule has 0 aliphatic heterocycles. The lowest BCUT2D eigenvalue weighted by Crippen LogP contribution is -2.24. The van der Waals surface area contributed by atoms with Gasteiger partial charge in [0.2, 0.25) is 0 Å². The first-order valence-corrected chi connectivity index (χ1v) is 6.40. The van der Waals surface area contributed by atoms with E-state index in [0.717, 1.165) is 12.1 Å². The van der Waals surface area contributed by atoms with Crippen LogP contribution in [-0.4, -0.2) is 18.6 Å². The van der Waals surface area contributed by atoms with Crippen molar-refractivity contribution in [3.05, 3.63) is 35.4 Å². The van der Waals surface area contributed by atoms with Crippen LogP contribution in [0.3, 0.4) is 0 Å². The molecule has 112 valence electrons. The van der Waals surface area contributed by atoms with Crippen molar-refractivity contribution >= 4 is 5.97 Å². The molecule has 1 rings (SSSR count). The summed E-state index contributed by atoms with van der Waals surface area (Å²) in [5.41, 5.74) is 5.64. The monoisotopic (exact) mass is 289 g/mol. The molecular weight excluding hydrogens is 271 g/mol. The number of rotatable bonds is 6. The van der Waals surface area contributed by atoms with Gasteiger partial charge >= 0.3 is 12.1 Å². The summed E-state index contributed by atoms with van der Waals surface area (Å²) in [5.74, 6) is -0.341. The highest BCUT2D eigenvalue weighted by atomic mass is 19.4. The number of carbonyl (C=O) groups is 1. The maximum absolute atomic E-state index is 12.6. The summed E-state index contributed by atoms with van der Waals surface area (Å²) >= 11 is 0. The van der Waals surface area contributed by atoms with E-state index in [1.807, 2.05) is 0 Å². The minimum atomic E-state index is -4.36. The average molecular weight is 289 g/mol. The number of alkyl halides is 3. The SMILES string of the molecule is CCOC(=O)CCC(N)Cc1cccc(C(F)(F)F)c1. The number of esters is 1. The van der Waals surface area contributed by atoms with Crippen LogP contribution >= 0.6 is 0 Å². The molecule has 1 aromatic rings. The third-order valence-electron chi connectivity index (χ3n) is 2.78. The minimum Gasteiger partial charge on any atom is -0.466 e. The van der Waals surface area contributed by atoms with Crippen molar-refractivity contribution in [3.63, 3.8) is 0 Å². The Hall–Kier alpha value is -1.56. The molecule has 0 aromatic heterocycles. The number of benzene rings is 1. The highest BCUT2D eigenvalue weighted by Crippen LogP contribution is 2.29. The summed E-state index contributed by atoms with van der Waals surface area (Å²) in [6, 6.07) is 4.69. The average Bonchev–Trinajstić information content (AvgIpc) is 2.36. The van der Waals surface area contributed by atoms with Crippen LogP contribution in [0.1, 0.15) is 30.9 Å². The van der Waals surface area contributed by atoms with Crippen LogP contribution in [0.2, 0.25) is 0 Å². The third-order valence-corrected chi connectivity index (χ3v) is 2.78. The van der Waals surface area contributed by atoms with Gasteiger partial charge in [0.1, 0.15) is 0 Å². The summed E-state index contributed by atoms with van der Waals surface area (Å²) in [6.45, 7) is 2.02. The van der Waals surface area contributed by atoms with Gasteiger partial charge in [-0.05, 0) is 31.4 Å². The van der Waals surface area contributed by atoms with E-state index in [1.165, 1.54) is 6.07 Å². The number of carbonyl (C=O) groups excluding carboxylic acids is 1. The molecule has 0 radical (unpaired) electrons. The maximum atomic E-state index is 12.6. The normalized spacial score (nSPS) is 13.1.